The molecule has 0 aliphatic rings. The number of pyridine rings is 1. The molecular formula is C12H10BrNO. The second-order valence-corrected chi connectivity index (χ2v) is 4.10. The number of hydrogen-bond acceptors (Lipinski definition) is 2. The fraction of sp³-hybridized carbons (Fsp3) is 0.0833. The first-order chi connectivity index (χ1) is 7.25. The summed E-state index contributed by atoms with van der Waals surface area (Å²) in [6.45, 7) is 2.00. The van der Waals surface area contributed by atoms with Gasteiger partial charge in [0.1, 0.15) is 5.75 Å². The Bertz CT molecular complexity index is 456. The van der Waals surface area contributed by atoms with Gasteiger partial charge in [0.15, 0.2) is 0 Å². The Morgan fingerprint density at radius 3 is 2.73 bits per heavy atom. The van der Waals surface area contributed by atoms with Crippen LogP contribution in [0.15, 0.2) is 47.1 Å². The molecule has 0 spiro atoms. The first-order valence-electron chi connectivity index (χ1n) is 4.61. The maximum Gasteiger partial charge on any atom is 0.219 e. The third-order valence-corrected chi connectivity index (χ3v) is 2.48. The minimum absolute atomic E-state index is 0.614. The van der Waals surface area contributed by atoms with E-state index in [-0.39, 0.29) is 0 Å². The zero-order valence-corrected chi connectivity index (χ0v) is 9.86. The summed E-state index contributed by atoms with van der Waals surface area (Å²) in [4.78, 5) is 4.10. The lowest BCUT2D eigenvalue weighted by atomic mass is 10.2. The highest BCUT2D eigenvalue weighted by Gasteiger charge is 2.01. The molecule has 3 heteroatoms. The van der Waals surface area contributed by atoms with Crippen molar-refractivity contribution in [3.05, 3.63) is 52.6 Å². The Morgan fingerprint density at radius 1 is 1.20 bits per heavy atom. The molecule has 2 aromatic rings. The van der Waals surface area contributed by atoms with E-state index in [1.54, 1.807) is 6.20 Å². The van der Waals surface area contributed by atoms with Crippen LogP contribution in [0.5, 0.6) is 11.6 Å². The number of hydrogen-bond donors (Lipinski definition) is 0. The molecule has 0 aliphatic carbocycles. The first-order valence-corrected chi connectivity index (χ1v) is 5.40. The normalized spacial score (nSPS) is 10.0. The third-order valence-electron chi connectivity index (χ3n) is 1.99. The van der Waals surface area contributed by atoms with Crippen molar-refractivity contribution in [3.63, 3.8) is 0 Å². The highest BCUT2D eigenvalue weighted by Crippen LogP contribution is 2.25. The van der Waals surface area contributed by atoms with Gasteiger partial charge in [0.2, 0.25) is 5.88 Å². The predicted molar refractivity (Wildman–Crippen MR) is 63.2 cm³/mol. The van der Waals surface area contributed by atoms with Gasteiger partial charge in [-0.3, -0.25) is 0 Å². The van der Waals surface area contributed by atoms with Crippen molar-refractivity contribution in [3.8, 4) is 11.6 Å². The molecule has 2 nitrogen and oxygen atoms in total. The van der Waals surface area contributed by atoms with Gasteiger partial charge in [-0.2, -0.15) is 0 Å². The standard InChI is InChI=1S/C12H10BrNO/c1-9-8-10(13)5-6-11(9)15-12-4-2-3-7-14-12/h2-8H,1H3. The predicted octanol–water partition coefficient (Wildman–Crippen LogP) is 3.94. The molecule has 15 heavy (non-hydrogen) atoms. The molecule has 0 fully saturated rings. The highest BCUT2D eigenvalue weighted by atomic mass is 79.9. The van der Waals surface area contributed by atoms with Crippen LogP contribution in [0.1, 0.15) is 5.56 Å². The molecule has 0 amide bonds. The molecule has 0 N–H and O–H groups in total. The Labute approximate surface area is 97.1 Å². The van der Waals surface area contributed by atoms with Crippen LogP contribution in [0.25, 0.3) is 0 Å². The number of rotatable bonds is 2. The maximum atomic E-state index is 5.63. The summed E-state index contributed by atoms with van der Waals surface area (Å²) >= 11 is 3.41. The minimum atomic E-state index is 0.614. The number of halogens is 1. The van der Waals surface area contributed by atoms with Crippen LogP contribution in [0.4, 0.5) is 0 Å². The molecule has 0 saturated carbocycles. The van der Waals surface area contributed by atoms with Crippen LogP contribution in [0.2, 0.25) is 0 Å². The number of aromatic nitrogens is 1. The van der Waals surface area contributed by atoms with Gasteiger partial charge in [-0.1, -0.05) is 22.0 Å². The zero-order chi connectivity index (χ0) is 10.7. The Kier molecular flexibility index (Phi) is 3.02. The van der Waals surface area contributed by atoms with Crippen LogP contribution in [-0.2, 0) is 0 Å². The summed E-state index contributed by atoms with van der Waals surface area (Å²) < 4.78 is 6.68. The molecule has 1 aromatic heterocycles. The molecular weight excluding hydrogens is 254 g/mol. The molecule has 76 valence electrons. The van der Waals surface area contributed by atoms with Crippen LogP contribution in [0, 0.1) is 6.92 Å². The summed E-state index contributed by atoms with van der Waals surface area (Å²) in [5, 5.41) is 0. The van der Waals surface area contributed by atoms with Crippen molar-refractivity contribution in [1.29, 1.82) is 0 Å². The van der Waals surface area contributed by atoms with Crippen molar-refractivity contribution in [1.82, 2.24) is 4.98 Å². The van der Waals surface area contributed by atoms with E-state index in [4.69, 9.17) is 4.74 Å². The largest absolute Gasteiger partial charge is 0.439 e. The fourth-order valence-electron chi connectivity index (χ4n) is 1.25. The maximum absolute atomic E-state index is 5.63. The van der Waals surface area contributed by atoms with Crippen molar-refractivity contribution < 1.29 is 4.74 Å². The number of nitrogens with zero attached hydrogens (tertiary/aromatic N) is 1. The molecule has 0 unspecified atom stereocenters. The van der Waals surface area contributed by atoms with Gasteiger partial charge >= 0.3 is 0 Å². The third kappa shape index (κ3) is 2.57. The van der Waals surface area contributed by atoms with Crippen molar-refractivity contribution >= 4 is 15.9 Å². The van der Waals surface area contributed by atoms with E-state index in [0.29, 0.717) is 5.88 Å². The lowest BCUT2D eigenvalue weighted by Crippen LogP contribution is -1.89. The number of aryl methyl sites for hydroxylation is 1. The summed E-state index contributed by atoms with van der Waals surface area (Å²) in [7, 11) is 0. The fourth-order valence-corrected chi connectivity index (χ4v) is 1.72. The van der Waals surface area contributed by atoms with E-state index in [2.05, 4.69) is 20.9 Å². The van der Waals surface area contributed by atoms with Gasteiger partial charge in [0, 0.05) is 16.7 Å². The molecule has 1 heterocycles. The molecule has 0 bridgehead atoms. The van der Waals surface area contributed by atoms with E-state index in [1.165, 1.54) is 0 Å². The Balaban J connectivity index is 2.25. The average Bonchev–Trinajstić information content (AvgIpc) is 2.24. The monoisotopic (exact) mass is 263 g/mol. The molecule has 0 radical (unpaired) electrons. The van der Waals surface area contributed by atoms with Crippen LogP contribution >= 0.6 is 15.9 Å². The average molecular weight is 264 g/mol. The van der Waals surface area contributed by atoms with E-state index in [0.717, 1.165) is 15.8 Å². The van der Waals surface area contributed by atoms with E-state index in [1.807, 2.05) is 43.3 Å². The minimum Gasteiger partial charge on any atom is -0.439 e. The topological polar surface area (TPSA) is 22.1 Å². The van der Waals surface area contributed by atoms with Gasteiger partial charge in [0.25, 0.3) is 0 Å². The summed E-state index contributed by atoms with van der Waals surface area (Å²) in [5.41, 5.74) is 1.08. The SMILES string of the molecule is Cc1cc(Br)ccc1Oc1ccccn1. The lowest BCUT2D eigenvalue weighted by Gasteiger charge is -2.07. The van der Waals surface area contributed by atoms with Crippen LogP contribution in [-0.4, -0.2) is 4.98 Å². The van der Waals surface area contributed by atoms with Gasteiger partial charge in [0.05, 0.1) is 0 Å². The Morgan fingerprint density at radius 2 is 2.07 bits per heavy atom. The van der Waals surface area contributed by atoms with Gasteiger partial charge in [-0.05, 0) is 36.8 Å². The van der Waals surface area contributed by atoms with Gasteiger partial charge < -0.3 is 4.74 Å². The van der Waals surface area contributed by atoms with Gasteiger partial charge in [-0.25, -0.2) is 4.98 Å². The van der Waals surface area contributed by atoms with Crippen molar-refractivity contribution in [2.24, 2.45) is 0 Å². The zero-order valence-electron chi connectivity index (χ0n) is 8.27. The Hall–Kier alpha value is -1.35. The van der Waals surface area contributed by atoms with E-state index in [9.17, 15) is 0 Å². The first kappa shape index (κ1) is 10.2. The van der Waals surface area contributed by atoms with E-state index < -0.39 is 0 Å². The summed E-state index contributed by atoms with van der Waals surface area (Å²) in [5.74, 6) is 1.44. The molecule has 0 aliphatic heterocycles. The number of benzene rings is 1. The molecule has 0 atom stereocenters. The molecule has 1 aromatic carbocycles. The van der Waals surface area contributed by atoms with Crippen molar-refractivity contribution in [2.45, 2.75) is 6.92 Å². The second kappa shape index (κ2) is 4.45. The quantitative estimate of drug-likeness (QED) is 0.819. The smallest absolute Gasteiger partial charge is 0.219 e. The van der Waals surface area contributed by atoms with Crippen LogP contribution in [0.3, 0.4) is 0 Å². The highest BCUT2D eigenvalue weighted by molar-refractivity contribution is 9.10. The van der Waals surface area contributed by atoms with Crippen LogP contribution < -0.4 is 4.74 Å². The molecule has 2 rings (SSSR count). The molecule has 0 saturated heterocycles. The van der Waals surface area contributed by atoms with E-state index >= 15 is 0 Å². The summed E-state index contributed by atoms with van der Waals surface area (Å²) in [6, 6.07) is 11.5. The summed E-state index contributed by atoms with van der Waals surface area (Å²) in [6.07, 6.45) is 1.71. The van der Waals surface area contributed by atoms with Gasteiger partial charge in [-0.15, -0.1) is 0 Å². The van der Waals surface area contributed by atoms with Crippen molar-refractivity contribution in [2.75, 3.05) is 0 Å². The second-order valence-electron chi connectivity index (χ2n) is 3.18. The number of ether oxygens (including phenoxy) is 1. The lowest BCUT2D eigenvalue weighted by molar-refractivity contribution is 0.459.